The van der Waals surface area contributed by atoms with Crippen LogP contribution in [0.2, 0.25) is 0 Å². The molecule has 3 heterocycles. The molecule has 1 unspecified atom stereocenters. The van der Waals surface area contributed by atoms with Gasteiger partial charge in [-0.25, -0.2) is 4.98 Å². The largest absolute Gasteiger partial charge is 0.338 e. The molecular formula is C24H25N3O2S. The molecule has 1 atom stereocenters. The highest BCUT2D eigenvalue weighted by atomic mass is 32.1. The molecule has 5 rings (SSSR count). The summed E-state index contributed by atoms with van der Waals surface area (Å²) in [6.07, 6.45) is 13.9. The van der Waals surface area contributed by atoms with Crippen LogP contribution in [0.25, 0.3) is 4.96 Å². The third-order valence-electron chi connectivity index (χ3n) is 6.41. The van der Waals surface area contributed by atoms with Crippen LogP contribution in [0.5, 0.6) is 0 Å². The number of aromatic nitrogens is 2. The third kappa shape index (κ3) is 3.60. The third-order valence-corrected chi connectivity index (χ3v) is 7.41. The van der Waals surface area contributed by atoms with Crippen LogP contribution in [0, 0.1) is 5.41 Å². The number of rotatable bonds is 3. The molecule has 3 aromatic rings. The van der Waals surface area contributed by atoms with Gasteiger partial charge in [-0.15, -0.1) is 11.3 Å². The maximum Gasteiger partial charge on any atom is 0.271 e. The summed E-state index contributed by atoms with van der Waals surface area (Å²) in [5.41, 5.74) is 1.29. The van der Waals surface area contributed by atoms with Crippen LogP contribution in [0.15, 0.2) is 59.7 Å². The topological polar surface area (TPSA) is 54.7 Å². The van der Waals surface area contributed by atoms with Crippen LogP contribution in [-0.4, -0.2) is 33.3 Å². The molecule has 0 radical (unpaired) electrons. The van der Waals surface area contributed by atoms with Gasteiger partial charge in [0.1, 0.15) is 5.56 Å². The second-order valence-corrected chi connectivity index (χ2v) is 9.63. The quantitative estimate of drug-likeness (QED) is 0.595. The Morgan fingerprint density at radius 3 is 2.83 bits per heavy atom. The molecule has 0 saturated carbocycles. The summed E-state index contributed by atoms with van der Waals surface area (Å²) in [5, 5.41) is 0. The Morgan fingerprint density at radius 2 is 2.03 bits per heavy atom. The van der Waals surface area contributed by atoms with Gasteiger partial charge in [0.2, 0.25) is 0 Å². The van der Waals surface area contributed by atoms with E-state index in [1.807, 2.05) is 29.3 Å². The normalized spacial score (nSPS) is 21.4. The lowest BCUT2D eigenvalue weighted by Crippen LogP contribution is -2.47. The summed E-state index contributed by atoms with van der Waals surface area (Å²) >= 11 is 1.50. The Hall–Kier alpha value is -2.73. The molecule has 1 amide bonds. The van der Waals surface area contributed by atoms with Gasteiger partial charge >= 0.3 is 0 Å². The Balaban J connectivity index is 1.41. The number of hydrogen-bond donors (Lipinski definition) is 0. The van der Waals surface area contributed by atoms with Gasteiger partial charge in [0.15, 0.2) is 4.96 Å². The number of fused-ring (bicyclic) bond motifs is 1. The smallest absolute Gasteiger partial charge is 0.271 e. The van der Waals surface area contributed by atoms with E-state index >= 15 is 0 Å². The molecule has 5 nitrogen and oxygen atoms in total. The van der Waals surface area contributed by atoms with Gasteiger partial charge in [-0.3, -0.25) is 14.0 Å². The minimum absolute atomic E-state index is 0.175. The second kappa shape index (κ2) is 7.84. The highest BCUT2D eigenvalue weighted by molar-refractivity contribution is 7.17. The van der Waals surface area contributed by atoms with Crippen molar-refractivity contribution in [2.75, 3.05) is 13.1 Å². The molecule has 1 aliphatic heterocycles. The van der Waals surface area contributed by atoms with Crippen molar-refractivity contribution in [2.45, 2.75) is 38.5 Å². The van der Waals surface area contributed by atoms with Gasteiger partial charge in [-0.1, -0.05) is 42.5 Å². The Morgan fingerprint density at radius 1 is 1.17 bits per heavy atom. The fraction of sp³-hybridized carbons (Fsp3) is 0.375. The van der Waals surface area contributed by atoms with Crippen molar-refractivity contribution < 1.29 is 4.79 Å². The van der Waals surface area contributed by atoms with E-state index in [9.17, 15) is 9.59 Å². The monoisotopic (exact) mass is 419 g/mol. The predicted octanol–water partition coefficient (Wildman–Crippen LogP) is 4.31. The van der Waals surface area contributed by atoms with Gasteiger partial charge in [-0.05, 0) is 43.1 Å². The van der Waals surface area contributed by atoms with Crippen LogP contribution in [-0.2, 0) is 6.42 Å². The van der Waals surface area contributed by atoms with Gasteiger partial charge in [0.25, 0.3) is 11.5 Å². The maximum atomic E-state index is 13.2. The van der Waals surface area contributed by atoms with Crippen molar-refractivity contribution >= 4 is 22.2 Å². The number of nitrogens with zero attached hydrogens (tertiary/aromatic N) is 3. The standard InChI is InChI=1S/C24H25N3O2S/c28-21(26-13-7-12-24(17-26)10-5-2-6-11-24)20-15-25-23-27(22(20)29)16-19(30-23)14-18-8-3-1-4-9-18/h1-5,8-9,15-16H,6-7,10-14,17H2. The number of carbonyl (C=O) groups is 1. The highest BCUT2D eigenvalue weighted by Gasteiger charge is 2.37. The second-order valence-electron chi connectivity index (χ2n) is 8.53. The Bertz CT molecular complexity index is 1160. The van der Waals surface area contributed by atoms with E-state index in [2.05, 4.69) is 29.3 Å². The van der Waals surface area contributed by atoms with E-state index in [0.717, 1.165) is 56.5 Å². The van der Waals surface area contributed by atoms with E-state index in [0.29, 0.717) is 4.96 Å². The number of amides is 1. The van der Waals surface area contributed by atoms with Gasteiger partial charge in [-0.2, -0.15) is 0 Å². The number of carbonyl (C=O) groups excluding carboxylic acids is 1. The molecule has 1 spiro atoms. The number of likely N-dealkylation sites (tertiary alicyclic amines) is 1. The zero-order chi connectivity index (χ0) is 20.6. The van der Waals surface area contributed by atoms with E-state index in [4.69, 9.17) is 0 Å². The van der Waals surface area contributed by atoms with Crippen molar-refractivity contribution in [3.63, 3.8) is 0 Å². The lowest BCUT2D eigenvalue weighted by Gasteiger charge is -2.43. The molecule has 1 saturated heterocycles. The molecule has 1 aromatic carbocycles. The highest BCUT2D eigenvalue weighted by Crippen LogP contribution is 2.41. The summed E-state index contributed by atoms with van der Waals surface area (Å²) in [6, 6.07) is 10.2. The first-order valence-electron chi connectivity index (χ1n) is 10.6. The molecular weight excluding hydrogens is 394 g/mol. The van der Waals surface area contributed by atoms with Crippen molar-refractivity contribution in [2.24, 2.45) is 5.41 Å². The van der Waals surface area contributed by atoms with Crippen molar-refractivity contribution in [3.05, 3.63) is 81.2 Å². The summed E-state index contributed by atoms with van der Waals surface area (Å²) in [6.45, 7) is 1.45. The average molecular weight is 420 g/mol. The number of allylic oxidation sites excluding steroid dienone is 2. The minimum atomic E-state index is -0.260. The van der Waals surface area contributed by atoms with Crippen molar-refractivity contribution in [1.29, 1.82) is 0 Å². The molecule has 2 aliphatic rings. The summed E-state index contributed by atoms with van der Waals surface area (Å²) in [5.74, 6) is -0.175. The zero-order valence-electron chi connectivity index (χ0n) is 16.9. The fourth-order valence-corrected chi connectivity index (χ4v) is 5.79. The van der Waals surface area contributed by atoms with Crippen LogP contribution in [0.1, 0.15) is 52.9 Å². The SMILES string of the molecule is O=C(c1cnc2sc(Cc3ccccc3)cn2c1=O)N1CCCC2(CC=CCC2)C1. The Labute approximate surface area is 179 Å². The van der Waals surface area contributed by atoms with E-state index in [-0.39, 0.29) is 22.4 Å². The number of benzene rings is 1. The number of thiazole rings is 1. The van der Waals surface area contributed by atoms with Crippen LogP contribution < -0.4 is 5.56 Å². The molecule has 0 N–H and O–H groups in total. The lowest BCUT2D eigenvalue weighted by molar-refractivity contribution is 0.0482. The van der Waals surface area contributed by atoms with Crippen molar-refractivity contribution in [3.8, 4) is 0 Å². The molecule has 1 fully saturated rings. The van der Waals surface area contributed by atoms with Gasteiger partial charge in [0.05, 0.1) is 0 Å². The maximum absolute atomic E-state index is 13.2. The van der Waals surface area contributed by atoms with Crippen LogP contribution in [0.4, 0.5) is 0 Å². The Kier molecular flexibility index (Phi) is 5.03. The molecule has 2 aromatic heterocycles. The van der Waals surface area contributed by atoms with Gasteiger partial charge in [0, 0.05) is 36.8 Å². The minimum Gasteiger partial charge on any atom is -0.338 e. The van der Waals surface area contributed by atoms with Crippen LogP contribution >= 0.6 is 11.3 Å². The lowest BCUT2D eigenvalue weighted by atomic mass is 9.71. The first-order valence-corrected chi connectivity index (χ1v) is 11.4. The first kappa shape index (κ1) is 19.2. The van der Waals surface area contributed by atoms with E-state index in [1.54, 1.807) is 4.40 Å². The van der Waals surface area contributed by atoms with Crippen molar-refractivity contribution in [1.82, 2.24) is 14.3 Å². The number of piperidine rings is 1. The molecule has 0 bridgehead atoms. The summed E-state index contributed by atoms with van der Waals surface area (Å²) < 4.78 is 1.54. The van der Waals surface area contributed by atoms with E-state index in [1.165, 1.54) is 23.1 Å². The van der Waals surface area contributed by atoms with Gasteiger partial charge < -0.3 is 4.90 Å². The molecule has 30 heavy (non-hydrogen) atoms. The first-order chi connectivity index (χ1) is 14.6. The number of hydrogen-bond acceptors (Lipinski definition) is 4. The fourth-order valence-electron chi connectivity index (χ4n) is 4.82. The summed E-state index contributed by atoms with van der Waals surface area (Å²) in [7, 11) is 0. The van der Waals surface area contributed by atoms with E-state index < -0.39 is 0 Å². The molecule has 154 valence electrons. The summed E-state index contributed by atoms with van der Waals surface area (Å²) in [4.78, 5) is 34.4. The average Bonchev–Trinajstić information content (AvgIpc) is 3.18. The van der Waals surface area contributed by atoms with Crippen LogP contribution in [0.3, 0.4) is 0 Å². The molecule has 1 aliphatic carbocycles. The predicted molar refractivity (Wildman–Crippen MR) is 119 cm³/mol. The zero-order valence-corrected chi connectivity index (χ0v) is 17.7. The molecule has 6 heteroatoms.